The molecule has 44 heavy (non-hydrogen) atoms. The Balaban J connectivity index is 1.62. The zero-order valence-corrected chi connectivity index (χ0v) is 27.8. The van der Waals surface area contributed by atoms with Crippen LogP contribution in [0.3, 0.4) is 0 Å². The molecule has 3 aromatic rings. The maximum atomic E-state index is 12.9. The fourth-order valence-corrected chi connectivity index (χ4v) is 7.14. The summed E-state index contributed by atoms with van der Waals surface area (Å²) in [7, 11) is 1.61. The van der Waals surface area contributed by atoms with Crippen LogP contribution in [0.4, 0.5) is 11.4 Å². The predicted molar refractivity (Wildman–Crippen MR) is 177 cm³/mol. The van der Waals surface area contributed by atoms with Crippen molar-refractivity contribution in [1.29, 1.82) is 0 Å². The molecule has 1 amide bonds. The second-order valence-corrected chi connectivity index (χ2v) is 14.3. The van der Waals surface area contributed by atoms with Crippen LogP contribution >= 0.6 is 11.3 Å². The quantitative estimate of drug-likeness (QED) is 0.274. The Morgan fingerprint density at radius 1 is 1.09 bits per heavy atom. The number of ether oxygens (including phenoxy) is 1. The molecule has 2 aliphatic heterocycles. The normalized spacial score (nSPS) is 16.8. The maximum Gasteiger partial charge on any atom is 0.355 e. The molecule has 1 aromatic carbocycles. The molecule has 0 saturated heterocycles. The highest BCUT2D eigenvalue weighted by atomic mass is 32.1. The number of amides is 1. The Labute approximate surface area is 264 Å². The van der Waals surface area contributed by atoms with Gasteiger partial charge in [0.15, 0.2) is 5.69 Å². The number of methoxy groups -OCH3 is 1. The maximum absolute atomic E-state index is 12.9. The lowest BCUT2D eigenvalue weighted by Crippen LogP contribution is -2.48. The first-order valence-electron chi connectivity index (χ1n) is 15.5. The minimum atomic E-state index is -1.01. The van der Waals surface area contributed by atoms with Crippen molar-refractivity contribution in [2.45, 2.75) is 84.2 Å². The number of carboxylic acids is 1. The van der Waals surface area contributed by atoms with Gasteiger partial charge in [0, 0.05) is 66.8 Å². The van der Waals surface area contributed by atoms with Gasteiger partial charge >= 0.3 is 5.97 Å². The molecule has 0 aliphatic carbocycles. The van der Waals surface area contributed by atoms with Crippen LogP contribution in [-0.2, 0) is 17.6 Å². The summed E-state index contributed by atoms with van der Waals surface area (Å²) in [5.41, 5.74) is 6.90. The van der Waals surface area contributed by atoms with Gasteiger partial charge in [-0.2, -0.15) is 0 Å². The third-order valence-corrected chi connectivity index (χ3v) is 9.96. The number of anilines is 2. The Morgan fingerprint density at radius 3 is 2.52 bits per heavy atom. The Hall–Kier alpha value is -3.50. The first-order chi connectivity index (χ1) is 20.8. The molecule has 2 N–H and O–H groups in total. The SMILES string of the molecule is CCC(C)(C)N1CCCc2c(-c3nc(C(=O)O)cs3)cc(C3Cc4nc(C(=O)NCCOC)ccc4N(C(C)(C)C)C3)cc21. The summed E-state index contributed by atoms with van der Waals surface area (Å²) in [6.07, 6.45) is 3.65. The minimum absolute atomic E-state index is 0.0383. The summed E-state index contributed by atoms with van der Waals surface area (Å²) in [5, 5.41) is 14.9. The first-order valence-corrected chi connectivity index (χ1v) is 16.4. The van der Waals surface area contributed by atoms with Crippen LogP contribution in [0.15, 0.2) is 29.6 Å². The topological polar surface area (TPSA) is 108 Å². The van der Waals surface area contributed by atoms with Crippen molar-refractivity contribution < 1.29 is 19.4 Å². The average Bonchev–Trinajstić information content (AvgIpc) is 3.49. The van der Waals surface area contributed by atoms with Crippen LogP contribution in [0.5, 0.6) is 0 Å². The smallest absolute Gasteiger partial charge is 0.355 e. The number of aromatic carboxylic acids is 1. The molecule has 0 saturated carbocycles. The number of thiazole rings is 1. The van der Waals surface area contributed by atoms with E-state index < -0.39 is 5.97 Å². The number of benzene rings is 1. The van der Waals surface area contributed by atoms with Crippen LogP contribution in [-0.4, -0.2) is 71.4 Å². The van der Waals surface area contributed by atoms with Gasteiger partial charge in [0.2, 0.25) is 0 Å². The summed E-state index contributed by atoms with van der Waals surface area (Å²) in [6.45, 7) is 16.1. The number of carboxylic acid groups (broad SMARTS) is 1. The van der Waals surface area contributed by atoms with Gasteiger partial charge < -0.3 is 25.0 Å². The average molecular weight is 620 g/mol. The molecular weight excluding hydrogens is 574 g/mol. The number of carbonyl (C=O) groups excluding carboxylic acids is 1. The molecule has 236 valence electrons. The van der Waals surface area contributed by atoms with E-state index in [9.17, 15) is 14.7 Å². The third kappa shape index (κ3) is 6.33. The molecule has 0 spiro atoms. The number of hydrogen-bond donors (Lipinski definition) is 2. The summed E-state index contributed by atoms with van der Waals surface area (Å²) in [5.74, 6) is -1.11. The largest absolute Gasteiger partial charge is 0.476 e. The molecule has 1 unspecified atom stereocenters. The number of nitrogens with one attached hydrogen (secondary N) is 1. The number of carbonyl (C=O) groups is 2. The van der Waals surface area contributed by atoms with Gasteiger partial charge in [-0.3, -0.25) is 4.79 Å². The van der Waals surface area contributed by atoms with E-state index in [0.29, 0.717) is 25.3 Å². The first kappa shape index (κ1) is 31.9. The highest BCUT2D eigenvalue weighted by molar-refractivity contribution is 7.13. The van der Waals surface area contributed by atoms with E-state index in [1.54, 1.807) is 12.5 Å². The van der Waals surface area contributed by atoms with Gasteiger partial charge in [-0.1, -0.05) is 6.92 Å². The van der Waals surface area contributed by atoms with Crippen molar-refractivity contribution in [2.75, 3.05) is 43.2 Å². The van der Waals surface area contributed by atoms with Gasteiger partial charge in [0.05, 0.1) is 18.0 Å². The Bertz CT molecular complexity index is 1540. The fraction of sp³-hybridized carbons (Fsp3) is 0.529. The van der Waals surface area contributed by atoms with Gasteiger partial charge in [0.1, 0.15) is 10.7 Å². The number of fused-ring (bicyclic) bond motifs is 2. The van der Waals surface area contributed by atoms with Crippen molar-refractivity contribution >= 4 is 34.6 Å². The molecule has 0 bridgehead atoms. The van der Waals surface area contributed by atoms with Crippen molar-refractivity contribution in [3.8, 4) is 10.6 Å². The van der Waals surface area contributed by atoms with Crippen LogP contribution in [0.25, 0.3) is 10.6 Å². The third-order valence-electron chi connectivity index (χ3n) is 9.09. The molecule has 0 radical (unpaired) electrons. The molecule has 10 heteroatoms. The number of aromatic nitrogens is 2. The zero-order valence-electron chi connectivity index (χ0n) is 27.0. The van der Waals surface area contributed by atoms with Crippen LogP contribution in [0, 0.1) is 0 Å². The summed E-state index contributed by atoms with van der Waals surface area (Å²) in [6, 6.07) is 8.44. The number of nitrogens with zero attached hydrogens (tertiary/aromatic N) is 4. The van der Waals surface area contributed by atoms with E-state index in [1.807, 2.05) is 12.1 Å². The highest BCUT2D eigenvalue weighted by Crippen LogP contribution is 2.45. The standard InChI is InChI=1S/C34H45N5O4S/c1-8-34(5,6)38-14-9-10-23-24(31-37-27(20-44-31)32(41)42)16-21(18-29(23)38)22-17-26-28(39(19-22)33(2,3)4)12-11-25(36-26)30(40)35-13-15-43-7/h11-12,16,18,20,22H,8-10,13-15,17,19H2,1-7H3,(H,35,40)(H,41,42). The van der Waals surface area contributed by atoms with Crippen molar-refractivity contribution in [3.63, 3.8) is 0 Å². The van der Waals surface area contributed by atoms with Gasteiger partial charge in [-0.25, -0.2) is 14.8 Å². The lowest BCUT2D eigenvalue weighted by molar-refractivity contribution is 0.0691. The lowest BCUT2D eigenvalue weighted by Gasteiger charge is -2.46. The van der Waals surface area contributed by atoms with Crippen LogP contribution in [0.2, 0.25) is 0 Å². The van der Waals surface area contributed by atoms with Gasteiger partial charge in [-0.05, 0) is 89.3 Å². The van der Waals surface area contributed by atoms with E-state index in [4.69, 9.17) is 9.72 Å². The van der Waals surface area contributed by atoms with E-state index >= 15 is 0 Å². The summed E-state index contributed by atoms with van der Waals surface area (Å²) >= 11 is 1.39. The molecule has 1 atom stereocenters. The molecule has 0 fully saturated rings. The number of pyridine rings is 1. The fourth-order valence-electron chi connectivity index (χ4n) is 6.31. The van der Waals surface area contributed by atoms with E-state index in [2.05, 4.69) is 73.8 Å². The van der Waals surface area contributed by atoms with Gasteiger partial charge in [-0.15, -0.1) is 11.3 Å². The van der Waals surface area contributed by atoms with E-state index in [-0.39, 0.29) is 28.6 Å². The molecule has 4 heterocycles. The summed E-state index contributed by atoms with van der Waals surface area (Å²) in [4.78, 5) is 39.1. The highest BCUT2D eigenvalue weighted by Gasteiger charge is 2.36. The second kappa shape index (κ2) is 12.5. The molecule has 2 aromatic heterocycles. The predicted octanol–water partition coefficient (Wildman–Crippen LogP) is 6.17. The Morgan fingerprint density at radius 2 is 1.86 bits per heavy atom. The number of rotatable bonds is 9. The minimum Gasteiger partial charge on any atom is -0.476 e. The van der Waals surface area contributed by atoms with E-state index in [1.165, 1.54) is 28.2 Å². The second-order valence-electron chi connectivity index (χ2n) is 13.4. The van der Waals surface area contributed by atoms with Crippen LogP contribution in [0.1, 0.15) is 98.1 Å². The lowest BCUT2D eigenvalue weighted by atomic mass is 9.83. The number of hydrogen-bond acceptors (Lipinski definition) is 8. The summed E-state index contributed by atoms with van der Waals surface area (Å²) < 4.78 is 5.08. The molecule has 5 rings (SSSR count). The van der Waals surface area contributed by atoms with Gasteiger partial charge in [0.25, 0.3) is 5.91 Å². The van der Waals surface area contributed by atoms with Crippen LogP contribution < -0.4 is 15.1 Å². The van der Waals surface area contributed by atoms with Crippen molar-refractivity contribution in [2.24, 2.45) is 0 Å². The van der Waals surface area contributed by atoms with E-state index in [0.717, 1.165) is 54.3 Å². The Kier molecular flexibility index (Phi) is 9.05. The monoisotopic (exact) mass is 619 g/mol. The molecule has 9 nitrogen and oxygen atoms in total. The molecular formula is C34H45N5O4S. The molecule has 2 aliphatic rings. The van der Waals surface area contributed by atoms with Crippen molar-refractivity contribution in [3.05, 3.63) is 57.9 Å². The zero-order chi connectivity index (χ0) is 31.8. The van der Waals surface area contributed by atoms with Crippen molar-refractivity contribution in [1.82, 2.24) is 15.3 Å².